The molecule has 18 heavy (non-hydrogen) atoms. The second-order valence-electron chi connectivity index (χ2n) is 4.03. The molecular formula is C11H12N4O2S. The van der Waals surface area contributed by atoms with Crippen LogP contribution in [-0.4, -0.2) is 28.7 Å². The molecule has 1 aliphatic rings. The average molecular weight is 264 g/mol. The number of nitrogens with one attached hydrogen (secondary N) is 2. The number of rotatable bonds is 3. The molecule has 1 saturated heterocycles. The molecule has 6 nitrogen and oxygen atoms in total. The van der Waals surface area contributed by atoms with E-state index in [0.717, 1.165) is 19.4 Å². The Kier molecular flexibility index (Phi) is 3.07. The molecule has 0 bridgehead atoms. The lowest BCUT2D eigenvalue weighted by Crippen LogP contribution is -2.35. The molecule has 1 atom stereocenters. The van der Waals surface area contributed by atoms with Gasteiger partial charge in [-0.3, -0.25) is 10.1 Å². The largest absolute Gasteiger partial charge is 0.462 e. The van der Waals surface area contributed by atoms with Crippen molar-refractivity contribution in [2.75, 3.05) is 11.9 Å². The Bertz CT molecular complexity index is 531. The van der Waals surface area contributed by atoms with Gasteiger partial charge in [0, 0.05) is 0 Å². The van der Waals surface area contributed by atoms with Crippen molar-refractivity contribution in [3.8, 4) is 10.8 Å². The van der Waals surface area contributed by atoms with Crippen molar-refractivity contribution < 1.29 is 9.21 Å². The van der Waals surface area contributed by atoms with E-state index < -0.39 is 0 Å². The Morgan fingerprint density at radius 1 is 1.56 bits per heavy atom. The maximum atomic E-state index is 11.9. The lowest BCUT2D eigenvalue weighted by molar-refractivity contribution is -0.117. The molecule has 0 radical (unpaired) electrons. The number of nitrogens with zero attached hydrogens (tertiary/aromatic N) is 2. The quantitative estimate of drug-likeness (QED) is 0.878. The van der Waals surface area contributed by atoms with Crippen molar-refractivity contribution in [2.45, 2.75) is 18.9 Å². The molecule has 0 spiro atoms. The second-order valence-corrected chi connectivity index (χ2v) is 5.01. The first-order valence-electron chi connectivity index (χ1n) is 5.74. The Labute approximate surface area is 107 Å². The van der Waals surface area contributed by atoms with Gasteiger partial charge < -0.3 is 9.73 Å². The van der Waals surface area contributed by atoms with Crippen molar-refractivity contribution in [1.29, 1.82) is 0 Å². The lowest BCUT2D eigenvalue weighted by Gasteiger charge is -2.07. The third-order valence-electron chi connectivity index (χ3n) is 2.76. The van der Waals surface area contributed by atoms with Crippen LogP contribution >= 0.6 is 11.3 Å². The first-order valence-corrected chi connectivity index (χ1v) is 6.56. The smallest absolute Gasteiger partial charge is 0.243 e. The molecule has 0 aromatic carbocycles. The van der Waals surface area contributed by atoms with Gasteiger partial charge in [0.1, 0.15) is 0 Å². The third kappa shape index (κ3) is 2.27. The van der Waals surface area contributed by atoms with E-state index in [9.17, 15) is 4.79 Å². The van der Waals surface area contributed by atoms with Gasteiger partial charge in [-0.05, 0) is 31.5 Å². The van der Waals surface area contributed by atoms with Crippen LogP contribution in [0.25, 0.3) is 10.8 Å². The van der Waals surface area contributed by atoms with E-state index in [1.807, 2.05) is 6.07 Å². The van der Waals surface area contributed by atoms with Crippen LogP contribution in [0.15, 0.2) is 22.8 Å². The van der Waals surface area contributed by atoms with Crippen LogP contribution in [0.5, 0.6) is 0 Å². The predicted molar refractivity (Wildman–Crippen MR) is 67.3 cm³/mol. The Balaban J connectivity index is 1.68. The standard InChI is InChI=1S/C11H12N4O2S/c16-9(7-3-1-5-12-7)13-11-15-14-10(18-11)8-4-2-6-17-8/h2,4,6-7,12H,1,3,5H2,(H,13,15,16). The molecule has 1 aliphatic heterocycles. The zero-order valence-electron chi connectivity index (χ0n) is 9.55. The number of hydrogen-bond donors (Lipinski definition) is 2. The van der Waals surface area contributed by atoms with Gasteiger partial charge in [0.25, 0.3) is 0 Å². The van der Waals surface area contributed by atoms with Gasteiger partial charge in [-0.25, -0.2) is 0 Å². The van der Waals surface area contributed by atoms with Crippen LogP contribution < -0.4 is 10.6 Å². The van der Waals surface area contributed by atoms with Crippen molar-refractivity contribution >= 4 is 22.4 Å². The van der Waals surface area contributed by atoms with Crippen LogP contribution in [0.1, 0.15) is 12.8 Å². The molecule has 7 heteroatoms. The van der Waals surface area contributed by atoms with E-state index in [1.54, 1.807) is 12.3 Å². The maximum absolute atomic E-state index is 11.9. The fraction of sp³-hybridized carbons (Fsp3) is 0.364. The molecule has 2 aromatic heterocycles. The molecular weight excluding hydrogens is 252 g/mol. The number of aromatic nitrogens is 2. The molecule has 2 N–H and O–H groups in total. The van der Waals surface area contributed by atoms with Gasteiger partial charge in [0.2, 0.25) is 11.0 Å². The highest BCUT2D eigenvalue weighted by molar-refractivity contribution is 7.18. The number of amides is 1. The summed E-state index contributed by atoms with van der Waals surface area (Å²) in [4.78, 5) is 11.9. The second kappa shape index (κ2) is 4.87. The molecule has 1 amide bonds. The van der Waals surface area contributed by atoms with E-state index in [-0.39, 0.29) is 11.9 Å². The highest BCUT2D eigenvalue weighted by Crippen LogP contribution is 2.26. The van der Waals surface area contributed by atoms with Crippen LogP contribution in [0, 0.1) is 0 Å². The molecule has 0 saturated carbocycles. The number of carbonyl (C=O) groups excluding carboxylic acids is 1. The zero-order valence-corrected chi connectivity index (χ0v) is 10.4. The minimum atomic E-state index is -0.110. The van der Waals surface area contributed by atoms with Crippen LogP contribution in [-0.2, 0) is 4.79 Å². The summed E-state index contributed by atoms with van der Waals surface area (Å²) in [5, 5.41) is 15.0. The van der Waals surface area contributed by atoms with Crippen molar-refractivity contribution in [3.05, 3.63) is 18.4 Å². The van der Waals surface area contributed by atoms with Gasteiger partial charge in [0.05, 0.1) is 12.3 Å². The maximum Gasteiger partial charge on any atom is 0.243 e. The Morgan fingerprint density at radius 2 is 2.50 bits per heavy atom. The summed E-state index contributed by atoms with van der Waals surface area (Å²) in [7, 11) is 0. The van der Waals surface area contributed by atoms with E-state index in [0.29, 0.717) is 15.9 Å². The van der Waals surface area contributed by atoms with E-state index in [2.05, 4.69) is 20.8 Å². The first kappa shape index (κ1) is 11.4. The number of anilines is 1. The highest BCUT2D eigenvalue weighted by atomic mass is 32.1. The highest BCUT2D eigenvalue weighted by Gasteiger charge is 2.23. The van der Waals surface area contributed by atoms with Gasteiger partial charge in [0.15, 0.2) is 10.8 Å². The summed E-state index contributed by atoms with van der Waals surface area (Å²) in [6.45, 7) is 0.895. The summed E-state index contributed by atoms with van der Waals surface area (Å²) in [5.41, 5.74) is 0. The summed E-state index contributed by atoms with van der Waals surface area (Å²) < 4.78 is 5.22. The minimum absolute atomic E-state index is 0.0466. The fourth-order valence-corrected chi connectivity index (χ4v) is 2.59. The van der Waals surface area contributed by atoms with E-state index >= 15 is 0 Å². The van der Waals surface area contributed by atoms with Gasteiger partial charge >= 0.3 is 0 Å². The van der Waals surface area contributed by atoms with Crippen molar-refractivity contribution in [2.24, 2.45) is 0 Å². The summed E-state index contributed by atoms with van der Waals surface area (Å²) in [6.07, 6.45) is 3.49. The van der Waals surface area contributed by atoms with Crippen LogP contribution in [0.4, 0.5) is 5.13 Å². The van der Waals surface area contributed by atoms with Gasteiger partial charge in [-0.15, -0.1) is 10.2 Å². The Morgan fingerprint density at radius 3 is 3.22 bits per heavy atom. The predicted octanol–water partition coefficient (Wildman–Crippen LogP) is 1.49. The SMILES string of the molecule is O=C(Nc1nnc(-c2ccco2)s1)C1CCCN1. The number of carbonyl (C=O) groups is 1. The van der Waals surface area contributed by atoms with Crippen LogP contribution in [0.2, 0.25) is 0 Å². The number of hydrogen-bond acceptors (Lipinski definition) is 6. The molecule has 2 aromatic rings. The molecule has 1 unspecified atom stereocenters. The number of furan rings is 1. The summed E-state index contributed by atoms with van der Waals surface area (Å²) >= 11 is 1.30. The minimum Gasteiger partial charge on any atom is -0.462 e. The first-order chi connectivity index (χ1) is 8.83. The molecule has 3 heterocycles. The zero-order chi connectivity index (χ0) is 12.4. The molecule has 94 valence electrons. The molecule has 1 fully saturated rings. The average Bonchev–Trinajstić information content (AvgIpc) is 3.12. The van der Waals surface area contributed by atoms with Crippen molar-refractivity contribution in [1.82, 2.24) is 15.5 Å². The summed E-state index contributed by atoms with van der Waals surface area (Å²) in [6, 6.07) is 3.49. The molecule has 3 rings (SSSR count). The lowest BCUT2D eigenvalue weighted by atomic mass is 10.2. The fourth-order valence-electron chi connectivity index (χ4n) is 1.87. The summed E-state index contributed by atoms with van der Waals surface area (Å²) in [5.74, 6) is 0.613. The Hall–Kier alpha value is -1.73. The van der Waals surface area contributed by atoms with Crippen molar-refractivity contribution in [3.63, 3.8) is 0 Å². The van der Waals surface area contributed by atoms with Gasteiger partial charge in [-0.2, -0.15) is 0 Å². The topological polar surface area (TPSA) is 80.1 Å². The van der Waals surface area contributed by atoms with E-state index in [1.165, 1.54) is 11.3 Å². The monoisotopic (exact) mass is 264 g/mol. The van der Waals surface area contributed by atoms with Gasteiger partial charge in [-0.1, -0.05) is 11.3 Å². The van der Waals surface area contributed by atoms with E-state index in [4.69, 9.17) is 4.42 Å². The third-order valence-corrected chi connectivity index (χ3v) is 3.62. The molecule has 0 aliphatic carbocycles. The van der Waals surface area contributed by atoms with Crippen LogP contribution in [0.3, 0.4) is 0 Å². The normalized spacial score (nSPS) is 19.0.